The zero-order valence-corrected chi connectivity index (χ0v) is 16.0. The van der Waals surface area contributed by atoms with Gasteiger partial charge in [0.25, 0.3) is 0 Å². The van der Waals surface area contributed by atoms with Crippen LogP contribution in [0.4, 0.5) is 4.39 Å². The Kier molecular flexibility index (Phi) is 5.31. The molecule has 6 nitrogen and oxygen atoms in total. The Hall–Kier alpha value is -3.55. The van der Waals surface area contributed by atoms with Gasteiger partial charge in [0.15, 0.2) is 0 Å². The maximum Gasteiger partial charge on any atom is 0.249 e. The third kappa shape index (κ3) is 3.56. The maximum atomic E-state index is 13.2. The Morgan fingerprint density at radius 3 is 2.47 bits per heavy atom. The fourth-order valence-corrected chi connectivity index (χ4v) is 3.66. The summed E-state index contributed by atoms with van der Waals surface area (Å²) in [5.41, 5.74) is 9.94. The van der Waals surface area contributed by atoms with Crippen LogP contribution in [0.1, 0.15) is 21.8 Å². The number of aromatic nitrogens is 2. The van der Waals surface area contributed by atoms with Crippen molar-refractivity contribution in [3.63, 3.8) is 0 Å². The van der Waals surface area contributed by atoms with E-state index in [1.807, 2.05) is 12.1 Å². The van der Waals surface area contributed by atoms with E-state index in [0.717, 1.165) is 22.2 Å². The number of nitrogens with two attached hydrogens (primary N) is 1. The highest BCUT2D eigenvalue weighted by atomic mass is 19.1. The van der Waals surface area contributed by atoms with E-state index in [2.05, 4.69) is 9.97 Å². The Morgan fingerprint density at radius 1 is 1.07 bits per heavy atom. The number of amides is 1. The normalized spacial score (nSPS) is 11.3. The van der Waals surface area contributed by atoms with Crippen molar-refractivity contribution >= 4 is 16.9 Å². The second-order valence-electron chi connectivity index (χ2n) is 7.04. The first kappa shape index (κ1) is 19.8. The van der Waals surface area contributed by atoms with Crippen LogP contribution >= 0.6 is 0 Å². The molecule has 4 rings (SSSR count). The number of benzene rings is 2. The van der Waals surface area contributed by atoms with Crippen molar-refractivity contribution in [2.75, 3.05) is 13.2 Å². The number of aliphatic hydroxyl groups is 2. The van der Waals surface area contributed by atoms with Gasteiger partial charge in [0.2, 0.25) is 5.91 Å². The van der Waals surface area contributed by atoms with Crippen molar-refractivity contribution in [2.45, 2.75) is 5.92 Å². The molecule has 0 radical (unpaired) electrons. The summed E-state index contributed by atoms with van der Waals surface area (Å²) >= 11 is 0. The molecule has 0 saturated carbocycles. The number of pyridine rings is 1. The van der Waals surface area contributed by atoms with Gasteiger partial charge in [0.1, 0.15) is 11.5 Å². The Morgan fingerprint density at radius 2 is 1.80 bits per heavy atom. The van der Waals surface area contributed by atoms with Gasteiger partial charge >= 0.3 is 0 Å². The topological polar surface area (TPSA) is 112 Å². The highest BCUT2D eigenvalue weighted by Crippen LogP contribution is 2.34. The predicted molar refractivity (Wildman–Crippen MR) is 112 cm³/mol. The molecule has 152 valence electrons. The lowest BCUT2D eigenvalue weighted by molar-refractivity contribution is 0.0997. The molecular weight excluding hydrogens is 385 g/mol. The van der Waals surface area contributed by atoms with Gasteiger partial charge in [-0.05, 0) is 59.2 Å². The molecule has 0 atom stereocenters. The average Bonchev–Trinajstić information content (AvgIpc) is 3.18. The van der Waals surface area contributed by atoms with Crippen LogP contribution in [-0.2, 0) is 0 Å². The third-order valence-corrected chi connectivity index (χ3v) is 5.16. The lowest BCUT2D eigenvalue weighted by Gasteiger charge is -2.19. The van der Waals surface area contributed by atoms with Gasteiger partial charge in [0.05, 0.1) is 13.2 Å². The number of carbonyl (C=O) groups is 1. The van der Waals surface area contributed by atoms with Crippen LogP contribution in [0, 0.1) is 5.82 Å². The number of rotatable bonds is 6. The number of carbonyl (C=O) groups excluding carboxylic acids is 1. The van der Waals surface area contributed by atoms with E-state index in [4.69, 9.17) is 5.73 Å². The fraction of sp³-hybridized carbons (Fsp3) is 0.130. The summed E-state index contributed by atoms with van der Waals surface area (Å²) in [4.78, 5) is 19.6. The number of primary amides is 1. The van der Waals surface area contributed by atoms with Crippen LogP contribution in [0.15, 0.2) is 60.8 Å². The minimum absolute atomic E-state index is 0.252. The maximum absolute atomic E-state index is 13.2. The number of aromatic amines is 1. The Bertz CT molecular complexity index is 1210. The number of nitrogens with zero attached hydrogens (tertiary/aromatic N) is 1. The molecule has 30 heavy (non-hydrogen) atoms. The summed E-state index contributed by atoms with van der Waals surface area (Å²) in [6, 6.07) is 15.1. The van der Waals surface area contributed by atoms with Crippen molar-refractivity contribution in [1.82, 2.24) is 9.97 Å². The monoisotopic (exact) mass is 405 g/mol. The summed E-state index contributed by atoms with van der Waals surface area (Å²) in [5, 5.41) is 20.3. The quantitative estimate of drug-likeness (QED) is 0.395. The lowest BCUT2D eigenvalue weighted by Crippen LogP contribution is -2.19. The van der Waals surface area contributed by atoms with E-state index in [1.165, 1.54) is 12.1 Å². The van der Waals surface area contributed by atoms with Gasteiger partial charge in [-0.2, -0.15) is 0 Å². The molecule has 0 aliphatic rings. The summed E-state index contributed by atoms with van der Waals surface area (Å²) in [6.45, 7) is -0.662. The van der Waals surface area contributed by atoms with Crippen molar-refractivity contribution < 1.29 is 19.4 Å². The van der Waals surface area contributed by atoms with E-state index in [9.17, 15) is 19.4 Å². The van der Waals surface area contributed by atoms with Crippen LogP contribution in [0.3, 0.4) is 0 Å². The largest absolute Gasteiger partial charge is 0.396 e. The highest BCUT2D eigenvalue weighted by molar-refractivity contribution is 5.97. The van der Waals surface area contributed by atoms with Gasteiger partial charge < -0.3 is 20.9 Å². The Balaban J connectivity index is 1.84. The van der Waals surface area contributed by atoms with E-state index in [0.29, 0.717) is 16.8 Å². The second kappa shape index (κ2) is 8.06. The molecule has 0 saturated heterocycles. The molecule has 0 aliphatic carbocycles. The van der Waals surface area contributed by atoms with E-state index in [1.54, 1.807) is 36.5 Å². The molecule has 1 amide bonds. The first-order valence-electron chi connectivity index (χ1n) is 9.41. The van der Waals surface area contributed by atoms with E-state index >= 15 is 0 Å². The SMILES string of the molecule is NC(=O)c1cccc(-c2cnc3[nH]c(-c4ccc(F)cc4)cc3c2)c1C(CO)CO. The van der Waals surface area contributed by atoms with Crippen molar-refractivity contribution in [3.05, 3.63) is 77.7 Å². The minimum Gasteiger partial charge on any atom is -0.396 e. The predicted octanol–water partition coefficient (Wildman–Crippen LogP) is 3.20. The standard InChI is InChI=1S/C23H20FN3O3/c24-17-6-4-13(5-7-17)20-9-14-8-15(10-26-23(14)27-20)18-2-1-3-19(22(25)30)21(18)16(11-28)12-29/h1-10,16,28-29H,11-12H2,(H2,25,30)(H,26,27). The molecule has 2 aromatic carbocycles. The molecule has 4 aromatic rings. The summed E-state index contributed by atoms with van der Waals surface area (Å²) in [7, 11) is 0. The molecule has 2 aromatic heterocycles. The lowest BCUT2D eigenvalue weighted by atomic mass is 9.87. The van der Waals surface area contributed by atoms with Crippen LogP contribution < -0.4 is 5.73 Å². The van der Waals surface area contributed by atoms with Crippen LogP contribution in [-0.4, -0.2) is 39.3 Å². The van der Waals surface area contributed by atoms with Crippen LogP contribution in [0.25, 0.3) is 33.4 Å². The number of halogens is 1. The number of hydrogen-bond acceptors (Lipinski definition) is 4. The molecule has 0 aliphatic heterocycles. The molecule has 2 heterocycles. The first-order valence-corrected chi connectivity index (χ1v) is 9.41. The number of aliphatic hydroxyl groups excluding tert-OH is 2. The van der Waals surface area contributed by atoms with E-state index in [-0.39, 0.29) is 24.6 Å². The van der Waals surface area contributed by atoms with E-state index < -0.39 is 11.8 Å². The summed E-state index contributed by atoms with van der Waals surface area (Å²) in [6.07, 6.45) is 1.66. The zero-order chi connectivity index (χ0) is 21.3. The molecule has 5 N–H and O–H groups in total. The van der Waals surface area contributed by atoms with Crippen LogP contribution in [0.5, 0.6) is 0 Å². The number of fused-ring (bicyclic) bond motifs is 1. The number of hydrogen-bond donors (Lipinski definition) is 4. The highest BCUT2D eigenvalue weighted by Gasteiger charge is 2.22. The second-order valence-corrected chi connectivity index (χ2v) is 7.04. The van der Waals surface area contributed by atoms with Crippen molar-refractivity contribution in [3.8, 4) is 22.4 Å². The molecule has 0 unspecified atom stereocenters. The van der Waals surface area contributed by atoms with Gasteiger partial charge in [-0.3, -0.25) is 4.79 Å². The molecular formula is C23H20FN3O3. The smallest absolute Gasteiger partial charge is 0.249 e. The fourth-order valence-electron chi connectivity index (χ4n) is 3.66. The summed E-state index contributed by atoms with van der Waals surface area (Å²) in [5.74, 6) is -1.59. The van der Waals surface area contributed by atoms with Gasteiger partial charge in [-0.15, -0.1) is 0 Å². The van der Waals surface area contributed by atoms with Gasteiger partial charge in [-0.25, -0.2) is 9.37 Å². The van der Waals surface area contributed by atoms with Gasteiger partial charge in [-0.1, -0.05) is 12.1 Å². The van der Waals surface area contributed by atoms with Crippen molar-refractivity contribution in [1.29, 1.82) is 0 Å². The third-order valence-electron chi connectivity index (χ3n) is 5.16. The molecule has 0 spiro atoms. The Labute approximate surface area is 171 Å². The van der Waals surface area contributed by atoms with Gasteiger partial charge in [0, 0.05) is 34.3 Å². The molecule has 7 heteroatoms. The van der Waals surface area contributed by atoms with Crippen molar-refractivity contribution in [2.24, 2.45) is 5.73 Å². The number of H-pyrrole nitrogens is 1. The minimum atomic E-state index is -0.652. The summed E-state index contributed by atoms with van der Waals surface area (Å²) < 4.78 is 13.2. The average molecular weight is 405 g/mol. The first-order chi connectivity index (χ1) is 14.5. The number of nitrogens with one attached hydrogen (secondary N) is 1. The zero-order valence-electron chi connectivity index (χ0n) is 16.0. The van der Waals surface area contributed by atoms with Crippen LogP contribution in [0.2, 0.25) is 0 Å². The molecule has 0 fully saturated rings. The molecule has 0 bridgehead atoms.